The van der Waals surface area contributed by atoms with Crippen molar-refractivity contribution in [2.45, 2.75) is 50.3 Å². The predicted octanol–water partition coefficient (Wildman–Crippen LogP) is 1.68. The van der Waals surface area contributed by atoms with Gasteiger partial charge in [0.1, 0.15) is 0 Å². The maximum absolute atomic E-state index is 12.3. The van der Waals surface area contributed by atoms with Gasteiger partial charge in [-0.1, -0.05) is 12.8 Å². The first-order valence-electron chi connectivity index (χ1n) is 7.54. The number of carbonyl (C=O) groups excluding carboxylic acids is 1. The Hall–Kier alpha value is -0.820. The Morgan fingerprint density at radius 2 is 2.00 bits per heavy atom. The molecule has 1 aliphatic carbocycles. The molecular formula is C14H23F3N2O2. The van der Waals surface area contributed by atoms with Gasteiger partial charge < -0.3 is 10.4 Å². The lowest BCUT2D eigenvalue weighted by Gasteiger charge is -2.22. The van der Waals surface area contributed by atoms with Gasteiger partial charge in [-0.15, -0.1) is 0 Å². The van der Waals surface area contributed by atoms with E-state index in [-0.39, 0.29) is 18.2 Å². The average Bonchev–Trinajstić information content (AvgIpc) is 2.94. The van der Waals surface area contributed by atoms with Gasteiger partial charge in [-0.3, -0.25) is 9.69 Å². The summed E-state index contributed by atoms with van der Waals surface area (Å²) in [6.45, 7) is 0.300. The van der Waals surface area contributed by atoms with E-state index in [1.165, 1.54) is 4.90 Å². The Morgan fingerprint density at radius 3 is 2.62 bits per heavy atom. The summed E-state index contributed by atoms with van der Waals surface area (Å²) in [5, 5.41) is 12.9. The Balaban J connectivity index is 1.66. The Kier molecular flexibility index (Phi) is 5.14. The molecule has 122 valence electrons. The van der Waals surface area contributed by atoms with Crippen molar-refractivity contribution in [3.05, 3.63) is 0 Å². The molecule has 4 nitrogen and oxygen atoms in total. The lowest BCUT2D eigenvalue weighted by Crippen LogP contribution is -2.38. The van der Waals surface area contributed by atoms with E-state index in [4.69, 9.17) is 0 Å². The van der Waals surface area contributed by atoms with Crippen molar-refractivity contribution in [1.82, 2.24) is 10.2 Å². The molecule has 1 amide bonds. The summed E-state index contributed by atoms with van der Waals surface area (Å²) >= 11 is 0. The quantitative estimate of drug-likeness (QED) is 0.812. The van der Waals surface area contributed by atoms with Crippen LogP contribution in [0.4, 0.5) is 13.2 Å². The lowest BCUT2D eigenvalue weighted by atomic mass is 9.97. The molecule has 0 aromatic heterocycles. The second kappa shape index (κ2) is 6.52. The van der Waals surface area contributed by atoms with Crippen LogP contribution in [0.5, 0.6) is 0 Å². The molecule has 0 spiro atoms. The highest BCUT2D eigenvalue weighted by atomic mass is 19.4. The minimum absolute atomic E-state index is 0.0644. The van der Waals surface area contributed by atoms with Gasteiger partial charge in [-0.05, 0) is 31.7 Å². The fourth-order valence-corrected chi connectivity index (χ4v) is 3.31. The first-order chi connectivity index (χ1) is 9.76. The van der Waals surface area contributed by atoms with Gasteiger partial charge in [-0.25, -0.2) is 0 Å². The zero-order valence-electron chi connectivity index (χ0n) is 12.1. The predicted molar refractivity (Wildman–Crippen MR) is 71.6 cm³/mol. The lowest BCUT2D eigenvalue weighted by molar-refractivity contribution is -0.143. The van der Waals surface area contributed by atoms with Crippen LogP contribution in [-0.2, 0) is 4.79 Å². The van der Waals surface area contributed by atoms with Crippen LogP contribution in [0.15, 0.2) is 0 Å². The number of aliphatic hydroxyl groups is 1. The van der Waals surface area contributed by atoms with Crippen LogP contribution in [0.2, 0.25) is 0 Å². The van der Waals surface area contributed by atoms with E-state index in [2.05, 4.69) is 5.32 Å². The SMILES string of the molecule is O=C(CC1(O)CCCC1)NCC1CCN(CC(F)(F)F)C1. The second-order valence-corrected chi connectivity index (χ2v) is 6.42. The molecule has 1 unspecified atom stereocenters. The van der Waals surface area contributed by atoms with Crippen LogP contribution >= 0.6 is 0 Å². The summed E-state index contributed by atoms with van der Waals surface area (Å²) in [5.41, 5.74) is -0.873. The number of alkyl halides is 3. The number of hydrogen-bond donors (Lipinski definition) is 2. The zero-order chi connectivity index (χ0) is 15.5. The number of nitrogens with zero attached hydrogens (tertiary/aromatic N) is 1. The molecule has 1 atom stereocenters. The fraction of sp³-hybridized carbons (Fsp3) is 0.929. The van der Waals surface area contributed by atoms with Crippen molar-refractivity contribution in [2.24, 2.45) is 5.92 Å². The zero-order valence-corrected chi connectivity index (χ0v) is 12.1. The van der Waals surface area contributed by atoms with Crippen LogP contribution in [0.3, 0.4) is 0 Å². The molecule has 0 radical (unpaired) electrons. The smallest absolute Gasteiger partial charge is 0.389 e. The Bertz CT molecular complexity index is 368. The van der Waals surface area contributed by atoms with Crippen molar-refractivity contribution in [3.8, 4) is 0 Å². The van der Waals surface area contributed by atoms with Gasteiger partial charge in [-0.2, -0.15) is 13.2 Å². The normalized spacial score (nSPS) is 26.2. The van der Waals surface area contributed by atoms with Gasteiger partial charge in [0.25, 0.3) is 0 Å². The number of nitrogens with one attached hydrogen (secondary N) is 1. The molecule has 1 saturated heterocycles. The third-order valence-electron chi connectivity index (χ3n) is 4.38. The van der Waals surface area contributed by atoms with Crippen molar-refractivity contribution in [1.29, 1.82) is 0 Å². The standard InChI is InChI=1S/C14H23F3N2O2/c15-14(16,17)10-19-6-3-11(9-19)8-18-12(20)7-13(21)4-1-2-5-13/h11,21H,1-10H2,(H,18,20). The summed E-state index contributed by atoms with van der Waals surface area (Å²) in [4.78, 5) is 13.2. The molecule has 1 saturated carbocycles. The van der Waals surface area contributed by atoms with Crippen LogP contribution < -0.4 is 5.32 Å². The molecule has 21 heavy (non-hydrogen) atoms. The molecule has 0 aromatic rings. The van der Waals surface area contributed by atoms with Gasteiger partial charge >= 0.3 is 6.18 Å². The molecule has 2 aliphatic rings. The van der Waals surface area contributed by atoms with Crippen molar-refractivity contribution in [3.63, 3.8) is 0 Å². The van der Waals surface area contributed by atoms with E-state index < -0.39 is 18.3 Å². The maximum atomic E-state index is 12.3. The van der Waals surface area contributed by atoms with Crippen molar-refractivity contribution in [2.75, 3.05) is 26.2 Å². The summed E-state index contributed by atoms with van der Waals surface area (Å²) in [7, 11) is 0. The third kappa shape index (κ3) is 5.47. The number of hydrogen-bond acceptors (Lipinski definition) is 3. The highest BCUT2D eigenvalue weighted by Gasteiger charge is 2.35. The number of carbonyl (C=O) groups is 1. The molecule has 2 fully saturated rings. The van der Waals surface area contributed by atoms with Gasteiger partial charge in [0.15, 0.2) is 0 Å². The van der Waals surface area contributed by atoms with E-state index >= 15 is 0 Å². The molecule has 2 N–H and O–H groups in total. The number of rotatable bonds is 5. The first-order valence-corrected chi connectivity index (χ1v) is 7.54. The van der Waals surface area contributed by atoms with E-state index in [9.17, 15) is 23.1 Å². The average molecular weight is 308 g/mol. The minimum atomic E-state index is -4.16. The van der Waals surface area contributed by atoms with Gasteiger partial charge in [0.2, 0.25) is 5.91 Å². The Labute approximate surface area is 122 Å². The monoisotopic (exact) mass is 308 g/mol. The van der Waals surface area contributed by atoms with Crippen LogP contribution in [-0.4, -0.2) is 53.9 Å². The van der Waals surface area contributed by atoms with E-state index in [0.29, 0.717) is 38.9 Å². The summed E-state index contributed by atoms with van der Waals surface area (Å²) in [6, 6.07) is 0. The topological polar surface area (TPSA) is 52.6 Å². The molecule has 7 heteroatoms. The van der Waals surface area contributed by atoms with E-state index in [0.717, 1.165) is 12.8 Å². The van der Waals surface area contributed by atoms with Crippen molar-refractivity contribution >= 4 is 5.91 Å². The van der Waals surface area contributed by atoms with E-state index in [1.54, 1.807) is 0 Å². The summed E-state index contributed by atoms with van der Waals surface area (Å²) < 4.78 is 36.8. The Morgan fingerprint density at radius 1 is 1.33 bits per heavy atom. The molecule has 2 rings (SSSR count). The van der Waals surface area contributed by atoms with Gasteiger partial charge in [0, 0.05) is 13.1 Å². The third-order valence-corrected chi connectivity index (χ3v) is 4.38. The van der Waals surface area contributed by atoms with Crippen LogP contribution in [0, 0.1) is 5.92 Å². The van der Waals surface area contributed by atoms with Gasteiger partial charge in [0.05, 0.1) is 18.6 Å². The minimum Gasteiger partial charge on any atom is -0.389 e. The van der Waals surface area contributed by atoms with Crippen LogP contribution in [0.1, 0.15) is 38.5 Å². The largest absolute Gasteiger partial charge is 0.401 e. The highest BCUT2D eigenvalue weighted by Crippen LogP contribution is 2.32. The highest BCUT2D eigenvalue weighted by molar-refractivity contribution is 5.77. The first kappa shape index (κ1) is 16.5. The maximum Gasteiger partial charge on any atom is 0.401 e. The molecular weight excluding hydrogens is 285 g/mol. The van der Waals surface area contributed by atoms with Crippen molar-refractivity contribution < 1.29 is 23.1 Å². The molecule has 1 heterocycles. The molecule has 1 aliphatic heterocycles. The number of likely N-dealkylation sites (tertiary alicyclic amines) is 1. The fourth-order valence-electron chi connectivity index (χ4n) is 3.31. The molecule has 0 bridgehead atoms. The van der Waals surface area contributed by atoms with Crippen LogP contribution in [0.25, 0.3) is 0 Å². The summed E-state index contributed by atoms with van der Waals surface area (Å²) in [6.07, 6.45) is -0.194. The van der Waals surface area contributed by atoms with E-state index in [1.807, 2.05) is 0 Å². The second-order valence-electron chi connectivity index (χ2n) is 6.42. The number of halogens is 3. The number of amides is 1. The molecule has 0 aromatic carbocycles. The summed E-state index contributed by atoms with van der Waals surface area (Å²) in [5.74, 6) is -0.136.